The van der Waals surface area contributed by atoms with Crippen molar-refractivity contribution < 1.29 is 19.5 Å². The molecule has 1 aliphatic rings. The molecule has 2 aromatic rings. The van der Waals surface area contributed by atoms with E-state index in [2.05, 4.69) is 25.9 Å². The van der Waals surface area contributed by atoms with Crippen LogP contribution in [0.5, 0.6) is 0 Å². The molecule has 0 spiro atoms. The Labute approximate surface area is 192 Å². The molecular weight excluding hydrogens is 426 g/mol. The number of anilines is 2. The summed E-state index contributed by atoms with van der Waals surface area (Å²) in [6.07, 6.45) is 0. The van der Waals surface area contributed by atoms with Crippen LogP contribution in [0.2, 0.25) is 0 Å². The van der Waals surface area contributed by atoms with Gasteiger partial charge in [-0.1, -0.05) is 30.3 Å². The Morgan fingerprint density at radius 1 is 1.00 bits per heavy atom. The van der Waals surface area contributed by atoms with Crippen molar-refractivity contribution >= 4 is 29.4 Å². The third kappa shape index (κ3) is 7.22. The van der Waals surface area contributed by atoms with Gasteiger partial charge in [-0.15, -0.1) is 0 Å². The van der Waals surface area contributed by atoms with Gasteiger partial charge in [0.1, 0.15) is 11.6 Å². The van der Waals surface area contributed by atoms with Gasteiger partial charge in [-0.3, -0.25) is 19.3 Å². The van der Waals surface area contributed by atoms with E-state index in [4.69, 9.17) is 5.11 Å². The fourth-order valence-electron chi connectivity index (χ4n) is 3.38. The highest BCUT2D eigenvalue weighted by atomic mass is 16.3. The van der Waals surface area contributed by atoms with Crippen LogP contribution in [0.3, 0.4) is 0 Å². The van der Waals surface area contributed by atoms with Gasteiger partial charge < -0.3 is 26.0 Å². The molecule has 1 aromatic heterocycles. The molecule has 0 unspecified atom stereocenters. The normalized spacial score (nSPS) is 13.9. The molecule has 0 saturated carbocycles. The number of piperazine rings is 1. The number of amides is 3. The van der Waals surface area contributed by atoms with Crippen molar-refractivity contribution in [2.24, 2.45) is 0 Å². The second-order valence-corrected chi connectivity index (χ2v) is 7.55. The molecule has 0 atom stereocenters. The first kappa shape index (κ1) is 24.1. The minimum absolute atomic E-state index is 0.0626. The molecule has 11 heteroatoms. The Balaban J connectivity index is 1.69. The highest BCUT2D eigenvalue weighted by Gasteiger charge is 2.26. The number of nitrogens with zero attached hydrogens (tertiary/aromatic N) is 4. The molecule has 4 N–H and O–H groups in total. The van der Waals surface area contributed by atoms with Gasteiger partial charge in [0.05, 0.1) is 6.61 Å². The summed E-state index contributed by atoms with van der Waals surface area (Å²) in [5, 5.41) is 17.4. The third-order valence-corrected chi connectivity index (χ3v) is 5.07. The SMILES string of the molecule is CC(=O)NCCNc1cc(NC(=O)C(=O)N2CCN(CCO)CC2)nc(-c2ccccc2)n1. The average Bonchev–Trinajstić information content (AvgIpc) is 2.82. The summed E-state index contributed by atoms with van der Waals surface area (Å²) in [5.41, 5.74) is 0.754. The lowest BCUT2D eigenvalue weighted by Crippen LogP contribution is -2.52. The number of aliphatic hydroxyl groups excluding tert-OH is 1. The van der Waals surface area contributed by atoms with Gasteiger partial charge in [0, 0.05) is 64.4 Å². The molecule has 11 nitrogen and oxygen atoms in total. The van der Waals surface area contributed by atoms with Crippen LogP contribution in [0.15, 0.2) is 36.4 Å². The first-order valence-corrected chi connectivity index (χ1v) is 10.8. The maximum Gasteiger partial charge on any atom is 0.315 e. The Bertz CT molecular complexity index is 962. The number of β-amino-alcohol motifs (C(OH)–C–C–N with tert-alkyl or cyclic N) is 1. The van der Waals surface area contributed by atoms with Crippen LogP contribution in [0.1, 0.15) is 6.92 Å². The van der Waals surface area contributed by atoms with Crippen LogP contribution < -0.4 is 16.0 Å². The molecule has 0 aliphatic carbocycles. The number of rotatable bonds is 8. The molecule has 176 valence electrons. The summed E-state index contributed by atoms with van der Waals surface area (Å²) in [6, 6.07) is 10.8. The summed E-state index contributed by atoms with van der Waals surface area (Å²) < 4.78 is 0. The quantitative estimate of drug-likeness (QED) is 0.316. The van der Waals surface area contributed by atoms with Gasteiger partial charge in [0.2, 0.25) is 5.91 Å². The summed E-state index contributed by atoms with van der Waals surface area (Å²) in [6.45, 7) is 4.93. The van der Waals surface area contributed by atoms with E-state index in [1.807, 2.05) is 35.2 Å². The fraction of sp³-hybridized carbons (Fsp3) is 0.409. The molecule has 3 amide bonds. The summed E-state index contributed by atoms with van der Waals surface area (Å²) in [5.74, 6) is -0.488. The molecule has 1 saturated heterocycles. The Morgan fingerprint density at radius 3 is 2.36 bits per heavy atom. The number of benzene rings is 1. The number of carbonyl (C=O) groups excluding carboxylic acids is 3. The molecule has 1 aromatic carbocycles. The lowest BCUT2D eigenvalue weighted by molar-refractivity contribution is -0.144. The lowest BCUT2D eigenvalue weighted by atomic mass is 10.2. The fourth-order valence-corrected chi connectivity index (χ4v) is 3.38. The number of aliphatic hydroxyl groups is 1. The zero-order chi connectivity index (χ0) is 23.6. The molecule has 0 radical (unpaired) electrons. The largest absolute Gasteiger partial charge is 0.395 e. The van der Waals surface area contributed by atoms with Crippen LogP contribution in [0, 0.1) is 0 Å². The minimum Gasteiger partial charge on any atom is -0.395 e. The van der Waals surface area contributed by atoms with Gasteiger partial charge in [0.25, 0.3) is 0 Å². The highest BCUT2D eigenvalue weighted by Crippen LogP contribution is 2.20. The van der Waals surface area contributed by atoms with Crippen LogP contribution in [0.4, 0.5) is 11.6 Å². The first-order chi connectivity index (χ1) is 16.0. The zero-order valence-corrected chi connectivity index (χ0v) is 18.6. The maximum atomic E-state index is 12.6. The summed E-state index contributed by atoms with van der Waals surface area (Å²) in [7, 11) is 0. The standard InChI is InChI=1S/C22H29N7O4/c1-16(31)23-7-8-24-18-15-19(26-20(25-18)17-5-3-2-4-6-17)27-21(32)22(33)29-11-9-28(10-12-29)13-14-30/h2-6,15,30H,7-14H2,1H3,(H,23,31)(H2,24,25,26,27,32). The summed E-state index contributed by atoms with van der Waals surface area (Å²) in [4.78, 5) is 48.7. The van der Waals surface area contributed by atoms with E-state index in [-0.39, 0.29) is 18.3 Å². The minimum atomic E-state index is -0.771. The molecule has 2 heterocycles. The average molecular weight is 456 g/mol. The van der Waals surface area contributed by atoms with E-state index < -0.39 is 11.8 Å². The van der Waals surface area contributed by atoms with Gasteiger partial charge in [-0.25, -0.2) is 9.97 Å². The van der Waals surface area contributed by atoms with Crippen LogP contribution in [-0.2, 0) is 14.4 Å². The maximum absolute atomic E-state index is 12.6. The van der Waals surface area contributed by atoms with E-state index in [9.17, 15) is 14.4 Å². The number of nitrogens with one attached hydrogen (secondary N) is 3. The molecular formula is C22H29N7O4. The van der Waals surface area contributed by atoms with E-state index >= 15 is 0 Å². The number of hydrogen-bond acceptors (Lipinski definition) is 8. The van der Waals surface area contributed by atoms with E-state index in [1.165, 1.54) is 11.8 Å². The Hall–Kier alpha value is -3.57. The van der Waals surface area contributed by atoms with Crippen molar-refractivity contribution in [2.45, 2.75) is 6.92 Å². The van der Waals surface area contributed by atoms with Crippen LogP contribution in [-0.4, -0.2) is 95.0 Å². The lowest BCUT2D eigenvalue weighted by Gasteiger charge is -2.33. The van der Waals surface area contributed by atoms with Crippen molar-refractivity contribution in [3.05, 3.63) is 36.4 Å². The van der Waals surface area contributed by atoms with Gasteiger partial charge >= 0.3 is 11.8 Å². The van der Waals surface area contributed by atoms with Gasteiger partial charge in [-0.05, 0) is 0 Å². The number of hydrogen-bond donors (Lipinski definition) is 4. The topological polar surface area (TPSA) is 140 Å². The molecule has 3 rings (SSSR count). The second kappa shape index (κ2) is 11.9. The predicted octanol–water partition coefficient (Wildman–Crippen LogP) is -0.233. The van der Waals surface area contributed by atoms with Crippen molar-refractivity contribution in [3.63, 3.8) is 0 Å². The molecule has 33 heavy (non-hydrogen) atoms. The van der Waals surface area contributed by atoms with Crippen molar-refractivity contribution in [1.29, 1.82) is 0 Å². The predicted molar refractivity (Wildman–Crippen MR) is 123 cm³/mol. The zero-order valence-electron chi connectivity index (χ0n) is 18.6. The van der Waals surface area contributed by atoms with E-state index in [0.29, 0.717) is 57.5 Å². The van der Waals surface area contributed by atoms with Crippen LogP contribution >= 0.6 is 0 Å². The van der Waals surface area contributed by atoms with Crippen molar-refractivity contribution in [1.82, 2.24) is 25.1 Å². The first-order valence-electron chi connectivity index (χ1n) is 10.8. The van der Waals surface area contributed by atoms with Gasteiger partial charge in [-0.2, -0.15) is 0 Å². The Kier molecular flexibility index (Phi) is 8.67. The smallest absolute Gasteiger partial charge is 0.315 e. The highest BCUT2D eigenvalue weighted by molar-refractivity contribution is 6.39. The van der Waals surface area contributed by atoms with E-state index in [1.54, 1.807) is 6.07 Å². The molecule has 1 aliphatic heterocycles. The molecule has 0 bridgehead atoms. The van der Waals surface area contributed by atoms with E-state index in [0.717, 1.165) is 5.56 Å². The number of carbonyl (C=O) groups is 3. The van der Waals surface area contributed by atoms with Gasteiger partial charge in [0.15, 0.2) is 5.82 Å². The second-order valence-electron chi connectivity index (χ2n) is 7.55. The van der Waals surface area contributed by atoms with Crippen molar-refractivity contribution in [2.75, 3.05) is 63.1 Å². The third-order valence-electron chi connectivity index (χ3n) is 5.07. The molecule has 1 fully saturated rings. The van der Waals surface area contributed by atoms with Crippen LogP contribution in [0.25, 0.3) is 11.4 Å². The summed E-state index contributed by atoms with van der Waals surface area (Å²) >= 11 is 0. The monoisotopic (exact) mass is 455 g/mol. The van der Waals surface area contributed by atoms with Crippen molar-refractivity contribution in [3.8, 4) is 11.4 Å². The number of aromatic nitrogens is 2. The Morgan fingerprint density at radius 2 is 1.70 bits per heavy atom.